The molecule has 22 heavy (non-hydrogen) atoms. The molecule has 0 radical (unpaired) electrons. The summed E-state index contributed by atoms with van der Waals surface area (Å²) in [5.74, 6) is 0.0289. The average Bonchev–Trinajstić information content (AvgIpc) is 2.91. The van der Waals surface area contributed by atoms with Gasteiger partial charge in [0.2, 0.25) is 0 Å². The van der Waals surface area contributed by atoms with Gasteiger partial charge in [0.25, 0.3) is 5.91 Å². The maximum Gasteiger partial charge on any atom is 0.261 e. The number of rotatable bonds is 3. The van der Waals surface area contributed by atoms with E-state index >= 15 is 0 Å². The van der Waals surface area contributed by atoms with E-state index in [9.17, 15) is 4.79 Å². The fraction of sp³-hybridized carbons (Fsp3) is 0.471. The Bertz CT molecular complexity index is 662. The first-order valence-corrected chi connectivity index (χ1v) is 8.46. The van der Waals surface area contributed by atoms with Crippen LogP contribution in [0.2, 0.25) is 0 Å². The highest BCUT2D eigenvalue weighted by Crippen LogP contribution is 2.30. The number of aryl methyl sites for hydroxylation is 1. The molecule has 0 aliphatic heterocycles. The van der Waals surface area contributed by atoms with Gasteiger partial charge in [-0.15, -0.1) is 23.7 Å². The molecular weight excluding hydrogens is 316 g/mol. The van der Waals surface area contributed by atoms with Crippen LogP contribution in [0.25, 0.3) is 10.1 Å². The lowest BCUT2D eigenvalue weighted by atomic mass is 9.81. The molecule has 1 aliphatic rings. The smallest absolute Gasteiger partial charge is 0.261 e. The molecule has 120 valence electrons. The van der Waals surface area contributed by atoms with Crippen LogP contribution in [0.1, 0.15) is 47.3 Å². The zero-order chi connectivity index (χ0) is 14.9. The monoisotopic (exact) mass is 338 g/mol. The van der Waals surface area contributed by atoms with Gasteiger partial charge in [0.1, 0.15) is 0 Å². The number of fused-ring (bicyclic) bond motifs is 1. The van der Waals surface area contributed by atoms with Gasteiger partial charge in [-0.2, -0.15) is 0 Å². The van der Waals surface area contributed by atoms with Gasteiger partial charge in [-0.1, -0.05) is 37.0 Å². The fourth-order valence-electron chi connectivity index (χ4n) is 3.19. The summed E-state index contributed by atoms with van der Waals surface area (Å²) >= 11 is 1.56. The average molecular weight is 339 g/mol. The lowest BCUT2D eigenvalue weighted by Crippen LogP contribution is -2.54. The Morgan fingerprint density at radius 2 is 2.00 bits per heavy atom. The molecule has 3 N–H and O–H groups in total. The highest BCUT2D eigenvalue weighted by molar-refractivity contribution is 7.20. The second-order valence-corrected chi connectivity index (χ2v) is 7.23. The third kappa shape index (κ3) is 3.45. The van der Waals surface area contributed by atoms with Crippen molar-refractivity contribution in [2.75, 3.05) is 6.54 Å². The summed E-state index contributed by atoms with van der Waals surface area (Å²) in [4.78, 5) is 13.4. The minimum absolute atomic E-state index is 0. The molecule has 3 nitrogen and oxygen atoms in total. The number of nitrogens with one attached hydrogen (secondary N) is 1. The van der Waals surface area contributed by atoms with E-state index in [1.54, 1.807) is 11.3 Å². The Balaban J connectivity index is 0.00000176. The van der Waals surface area contributed by atoms with E-state index in [1.165, 1.54) is 12.0 Å². The SMILES string of the molecule is Cc1ccc2sc(C(=O)NC3(CN)CCCCC3)cc2c1.Cl. The maximum absolute atomic E-state index is 12.6. The molecule has 1 aromatic heterocycles. The zero-order valence-corrected chi connectivity index (χ0v) is 14.5. The van der Waals surface area contributed by atoms with Gasteiger partial charge in [0.15, 0.2) is 0 Å². The van der Waals surface area contributed by atoms with Crippen molar-refractivity contribution in [1.29, 1.82) is 0 Å². The van der Waals surface area contributed by atoms with Gasteiger partial charge >= 0.3 is 0 Å². The van der Waals surface area contributed by atoms with E-state index in [0.717, 1.165) is 40.6 Å². The number of benzene rings is 1. The highest BCUT2D eigenvalue weighted by atomic mass is 35.5. The Morgan fingerprint density at radius 3 is 2.68 bits per heavy atom. The van der Waals surface area contributed by atoms with E-state index in [1.807, 2.05) is 6.07 Å². The number of halogens is 1. The first kappa shape index (κ1) is 17.3. The van der Waals surface area contributed by atoms with Crippen molar-refractivity contribution in [2.24, 2.45) is 5.73 Å². The summed E-state index contributed by atoms with van der Waals surface area (Å²) in [5, 5.41) is 4.37. The molecular formula is C17H23ClN2OS. The molecule has 5 heteroatoms. The van der Waals surface area contributed by atoms with Crippen molar-refractivity contribution in [3.63, 3.8) is 0 Å². The Hall–Kier alpha value is -1.10. The summed E-state index contributed by atoms with van der Waals surface area (Å²) in [5.41, 5.74) is 6.98. The number of nitrogens with two attached hydrogens (primary N) is 1. The molecule has 1 heterocycles. The van der Waals surface area contributed by atoms with Crippen molar-refractivity contribution in [3.8, 4) is 0 Å². The van der Waals surface area contributed by atoms with Crippen LogP contribution in [-0.4, -0.2) is 18.0 Å². The molecule has 0 atom stereocenters. The van der Waals surface area contributed by atoms with E-state index in [4.69, 9.17) is 5.73 Å². The second kappa shape index (κ2) is 6.99. The van der Waals surface area contributed by atoms with Crippen LogP contribution >= 0.6 is 23.7 Å². The lowest BCUT2D eigenvalue weighted by molar-refractivity contribution is 0.0879. The van der Waals surface area contributed by atoms with Crippen molar-refractivity contribution < 1.29 is 4.79 Å². The molecule has 0 spiro atoms. The van der Waals surface area contributed by atoms with E-state index in [2.05, 4.69) is 30.4 Å². The summed E-state index contributed by atoms with van der Waals surface area (Å²) in [6.45, 7) is 2.60. The molecule has 3 rings (SSSR count). The summed E-state index contributed by atoms with van der Waals surface area (Å²) in [6, 6.07) is 8.30. The molecule has 0 bridgehead atoms. The van der Waals surface area contributed by atoms with Crippen LogP contribution in [0.4, 0.5) is 0 Å². The van der Waals surface area contributed by atoms with Crippen LogP contribution in [0, 0.1) is 6.92 Å². The van der Waals surface area contributed by atoms with Gasteiger partial charge in [-0.05, 0) is 37.3 Å². The minimum Gasteiger partial charge on any atom is -0.345 e. The first-order chi connectivity index (χ1) is 10.1. The number of thiophene rings is 1. The molecule has 1 aliphatic carbocycles. The van der Waals surface area contributed by atoms with Crippen LogP contribution in [-0.2, 0) is 0 Å². The maximum atomic E-state index is 12.6. The predicted octanol–water partition coefficient (Wildman–Crippen LogP) is 4.02. The third-order valence-corrected chi connectivity index (χ3v) is 5.59. The topological polar surface area (TPSA) is 55.1 Å². The molecule has 0 saturated heterocycles. The van der Waals surface area contributed by atoms with Crippen LogP contribution in [0.15, 0.2) is 24.3 Å². The number of carbonyl (C=O) groups excluding carboxylic acids is 1. The summed E-state index contributed by atoms with van der Waals surface area (Å²) in [6.07, 6.45) is 5.56. The van der Waals surface area contributed by atoms with Crippen molar-refractivity contribution >= 4 is 39.7 Å². The van der Waals surface area contributed by atoms with Gasteiger partial charge < -0.3 is 11.1 Å². The quantitative estimate of drug-likeness (QED) is 0.888. The molecule has 1 aromatic carbocycles. The Labute approximate surface area is 141 Å². The highest BCUT2D eigenvalue weighted by Gasteiger charge is 2.32. The van der Waals surface area contributed by atoms with Crippen LogP contribution in [0.3, 0.4) is 0 Å². The van der Waals surface area contributed by atoms with Gasteiger partial charge in [-0.3, -0.25) is 4.79 Å². The van der Waals surface area contributed by atoms with E-state index < -0.39 is 0 Å². The number of amides is 1. The van der Waals surface area contributed by atoms with Crippen molar-refractivity contribution in [1.82, 2.24) is 5.32 Å². The second-order valence-electron chi connectivity index (χ2n) is 6.15. The van der Waals surface area contributed by atoms with Gasteiger partial charge in [0.05, 0.1) is 10.4 Å². The third-order valence-electron chi connectivity index (χ3n) is 4.48. The molecule has 2 aromatic rings. The van der Waals surface area contributed by atoms with Crippen molar-refractivity contribution in [3.05, 3.63) is 34.7 Å². The number of carbonyl (C=O) groups is 1. The van der Waals surface area contributed by atoms with Crippen LogP contribution < -0.4 is 11.1 Å². The molecule has 0 unspecified atom stereocenters. The molecule has 1 fully saturated rings. The number of hydrogen-bond acceptors (Lipinski definition) is 3. The first-order valence-electron chi connectivity index (χ1n) is 7.65. The summed E-state index contributed by atoms with van der Waals surface area (Å²) < 4.78 is 1.16. The Kier molecular flexibility index (Phi) is 5.48. The van der Waals surface area contributed by atoms with Crippen molar-refractivity contribution in [2.45, 2.75) is 44.6 Å². The summed E-state index contributed by atoms with van der Waals surface area (Å²) in [7, 11) is 0. The largest absolute Gasteiger partial charge is 0.345 e. The van der Waals surface area contributed by atoms with Gasteiger partial charge in [-0.25, -0.2) is 0 Å². The molecule has 1 saturated carbocycles. The minimum atomic E-state index is -0.193. The number of hydrogen-bond donors (Lipinski definition) is 2. The van der Waals surface area contributed by atoms with E-state index in [0.29, 0.717) is 6.54 Å². The Morgan fingerprint density at radius 1 is 1.27 bits per heavy atom. The normalized spacial score (nSPS) is 17.0. The van der Waals surface area contributed by atoms with E-state index in [-0.39, 0.29) is 23.9 Å². The standard InChI is InChI=1S/C17H22N2OS.ClH/c1-12-5-6-14-13(9-12)10-15(21-14)16(20)19-17(11-18)7-3-2-4-8-17;/h5-6,9-10H,2-4,7-8,11,18H2,1H3,(H,19,20);1H. The predicted molar refractivity (Wildman–Crippen MR) is 96.1 cm³/mol. The zero-order valence-electron chi connectivity index (χ0n) is 12.9. The molecule has 1 amide bonds. The fourth-order valence-corrected chi connectivity index (χ4v) is 4.12. The lowest BCUT2D eigenvalue weighted by Gasteiger charge is -2.36. The van der Waals surface area contributed by atoms with Gasteiger partial charge in [0, 0.05) is 11.2 Å². The van der Waals surface area contributed by atoms with Crippen LogP contribution in [0.5, 0.6) is 0 Å².